The third-order valence-electron chi connectivity index (χ3n) is 4.70. The van der Waals surface area contributed by atoms with Crippen molar-refractivity contribution in [2.75, 3.05) is 0 Å². The average Bonchev–Trinajstić information content (AvgIpc) is 2.85. The zero-order chi connectivity index (χ0) is 19.4. The lowest BCUT2D eigenvalue weighted by atomic mass is 9.93. The zero-order valence-electron chi connectivity index (χ0n) is 14.6. The Hall–Kier alpha value is -2.41. The number of fused-ring (bicyclic) bond motifs is 1. The van der Waals surface area contributed by atoms with Crippen LogP contribution >= 0.6 is 11.3 Å². The average molecular weight is 379 g/mol. The van der Waals surface area contributed by atoms with Crippen molar-refractivity contribution in [2.45, 2.75) is 33.9 Å². The fourth-order valence-electron chi connectivity index (χ4n) is 3.25. The van der Waals surface area contributed by atoms with Crippen molar-refractivity contribution in [1.82, 2.24) is 0 Å². The second-order valence-electron chi connectivity index (χ2n) is 6.34. The van der Waals surface area contributed by atoms with Gasteiger partial charge in [0.15, 0.2) is 0 Å². The van der Waals surface area contributed by atoms with Crippen LogP contribution in [0.25, 0.3) is 21.2 Å². The van der Waals surface area contributed by atoms with Gasteiger partial charge in [0.25, 0.3) is 5.69 Å². The molecule has 1 aromatic heterocycles. The molecule has 26 heavy (non-hydrogen) atoms. The Morgan fingerprint density at radius 1 is 1.00 bits per heavy atom. The van der Waals surface area contributed by atoms with E-state index in [1.54, 1.807) is 11.3 Å². The molecule has 0 radical (unpaired) electrons. The van der Waals surface area contributed by atoms with Crippen molar-refractivity contribution in [1.29, 1.82) is 0 Å². The quantitative estimate of drug-likeness (QED) is 0.366. The van der Waals surface area contributed by atoms with E-state index in [4.69, 9.17) is 0 Å². The van der Waals surface area contributed by atoms with E-state index in [0.717, 1.165) is 32.2 Å². The van der Waals surface area contributed by atoms with Crippen molar-refractivity contribution in [2.24, 2.45) is 0 Å². The van der Waals surface area contributed by atoms with Crippen LogP contribution in [0.2, 0.25) is 0 Å². The van der Waals surface area contributed by atoms with Gasteiger partial charge in [0.1, 0.15) is 0 Å². The number of nitro groups is 1. The lowest BCUT2D eigenvalue weighted by molar-refractivity contribution is -0.384. The van der Waals surface area contributed by atoms with Gasteiger partial charge in [0.2, 0.25) is 0 Å². The molecule has 0 aliphatic carbocycles. The first-order valence-corrected chi connectivity index (χ1v) is 8.70. The summed E-state index contributed by atoms with van der Waals surface area (Å²) < 4.78 is 39.8. The number of rotatable bonds is 2. The molecule has 0 saturated carbocycles. The fourth-order valence-corrected chi connectivity index (χ4v) is 4.49. The molecule has 3 nitrogen and oxygen atoms in total. The molecule has 0 atom stereocenters. The summed E-state index contributed by atoms with van der Waals surface area (Å²) in [6.07, 6.45) is -4.62. The van der Waals surface area contributed by atoms with Gasteiger partial charge in [-0.2, -0.15) is 13.2 Å². The molecule has 0 aliphatic heterocycles. The van der Waals surface area contributed by atoms with Gasteiger partial charge in [0, 0.05) is 15.6 Å². The molecule has 0 amide bonds. The molecule has 7 heteroatoms. The topological polar surface area (TPSA) is 43.1 Å². The van der Waals surface area contributed by atoms with Crippen molar-refractivity contribution in [3.05, 3.63) is 61.5 Å². The first-order valence-electron chi connectivity index (χ1n) is 7.88. The van der Waals surface area contributed by atoms with Gasteiger partial charge in [0.05, 0.1) is 16.1 Å². The molecule has 3 rings (SSSR count). The Labute approximate surface area is 152 Å². The third-order valence-corrected chi connectivity index (χ3v) is 6.02. The number of thiophene rings is 1. The first kappa shape index (κ1) is 18.4. The number of benzene rings is 2. The van der Waals surface area contributed by atoms with Gasteiger partial charge in [-0.05, 0) is 67.5 Å². The standard InChI is InChI=1S/C19H16F3NO2S/c1-9-7-15(11(3)18-17(9)10(2)12(4)26-18)14-6-5-13(19(20,21)22)8-16(14)23(24)25/h5-8H,1-4H3. The van der Waals surface area contributed by atoms with Gasteiger partial charge < -0.3 is 0 Å². The van der Waals surface area contributed by atoms with Gasteiger partial charge in [-0.25, -0.2) is 0 Å². The van der Waals surface area contributed by atoms with Gasteiger partial charge >= 0.3 is 6.18 Å². The van der Waals surface area contributed by atoms with Crippen molar-refractivity contribution < 1.29 is 18.1 Å². The molecule has 136 valence electrons. The Balaban J connectivity index is 2.33. The van der Waals surface area contributed by atoms with Crippen molar-refractivity contribution in [3.63, 3.8) is 0 Å². The summed E-state index contributed by atoms with van der Waals surface area (Å²) in [5.41, 5.74) is 2.20. The van der Waals surface area contributed by atoms with Crippen LogP contribution in [0.1, 0.15) is 27.1 Å². The number of nitro benzene ring substituents is 1. The highest BCUT2D eigenvalue weighted by Crippen LogP contribution is 2.43. The molecule has 0 bridgehead atoms. The van der Waals surface area contributed by atoms with E-state index in [1.807, 2.05) is 33.8 Å². The number of hydrogen-bond donors (Lipinski definition) is 0. The summed E-state index contributed by atoms with van der Waals surface area (Å²) in [6.45, 7) is 7.81. The molecule has 0 aliphatic rings. The number of halogens is 3. The maximum atomic E-state index is 12.9. The molecule has 3 aromatic rings. The van der Waals surface area contributed by atoms with Crippen LogP contribution in [0, 0.1) is 37.8 Å². The minimum absolute atomic E-state index is 0.203. The molecule has 0 saturated heterocycles. The second-order valence-corrected chi connectivity index (χ2v) is 7.56. The molecule has 0 N–H and O–H groups in total. The minimum Gasteiger partial charge on any atom is -0.258 e. The van der Waals surface area contributed by atoms with Crippen LogP contribution in [0.5, 0.6) is 0 Å². The summed E-state index contributed by atoms with van der Waals surface area (Å²) in [5, 5.41) is 12.5. The van der Waals surface area contributed by atoms with Crippen LogP contribution in [0.4, 0.5) is 18.9 Å². The summed E-state index contributed by atoms with van der Waals surface area (Å²) in [4.78, 5) is 11.8. The second kappa shape index (κ2) is 6.09. The molecule has 1 heterocycles. The summed E-state index contributed by atoms with van der Waals surface area (Å²) in [6, 6.07) is 4.53. The summed E-state index contributed by atoms with van der Waals surface area (Å²) in [5.74, 6) is 0. The molecule has 0 unspecified atom stereocenters. The van der Waals surface area contributed by atoms with E-state index >= 15 is 0 Å². The molecule has 2 aromatic carbocycles. The van der Waals surface area contributed by atoms with E-state index in [1.165, 1.54) is 11.6 Å². The molecular formula is C19H16F3NO2S. The Morgan fingerprint density at radius 2 is 1.65 bits per heavy atom. The van der Waals surface area contributed by atoms with E-state index in [0.29, 0.717) is 11.6 Å². The van der Waals surface area contributed by atoms with E-state index < -0.39 is 22.4 Å². The van der Waals surface area contributed by atoms with Gasteiger partial charge in [-0.15, -0.1) is 11.3 Å². The summed E-state index contributed by atoms with van der Waals surface area (Å²) >= 11 is 1.60. The largest absolute Gasteiger partial charge is 0.416 e. The normalized spacial score (nSPS) is 12.0. The Bertz CT molecular complexity index is 1050. The van der Waals surface area contributed by atoms with Crippen molar-refractivity contribution >= 4 is 27.1 Å². The Morgan fingerprint density at radius 3 is 2.23 bits per heavy atom. The monoisotopic (exact) mass is 379 g/mol. The SMILES string of the molecule is Cc1sc2c(C)c(-c3ccc(C(F)(F)F)cc3[N+](=O)[O-])cc(C)c2c1C. The van der Waals surface area contributed by atoms with Crippen LogP contribution in [0.3, 0.4) is 0 Å². The molecule has 0 fully saturated rings. The van der Waals surface area contributed by atoms with Gasteiger partial charge in [-0.1, -0.05) is 6.07 Å². The number of nitrogens with zero attached hydrogens (tertiary/aromatic N) is 1. The highest BCUT2D eigenvalue weighted by atomic mass is 32.1. The first-order chi connectivity index (χ1) is 12.0. The number of hydrogen-bond acceptors (Lipinski definition) is 3. The van der Waals surface area contributed by atoms with Crippen LogP contribution in [-0.4, -0.2) is 4.92 Å². The number of aryl methyl sites for hydroxylation is 4. The van der Waals surface area contributed by atoms with Crippen LogP contribution in [0.15, 0.2) is 24.3 Å². The molecular weight excluding hydrogens is 363 g/mol. The highest BCUT2D eigenvalue weighted by molar-refractivity contribution is 7.19. The van der Waals surface area contributed by atoms with Crippen LogP contribution in [-0.2, 0) is 6.18 Å². The fraction of sp³-hybridized carbons (Fsp3) is 0.263. The molecule has 0 spiro atoms. The lowest BCUT2D eigenvalue weighted by Crippen LogP contribution is -2.06. The lowest BCUT2D eigenvalue weighted by Gasteiger charge is -2.13. The van der Waals surface area contributed by atoms with Gasteiger partial charge in [-0.3, -0.25) is 10.1 Å². The zero-order valence-corrected chi connectivity index (χ0v) is 15.4. The smallest absolute Gasteiger partial charge is 0.258 e. The maximum Gasteiger partial charge on any atom is 0.416 e. The number of alkyl halides is 3. The minimum atomic E-state index is -4.62. The van der Waals surface area contributed by atoms with Crippen molar-refractivity contribution in [3.8, 4) is 11.1 Å². The maximum absolute atomic E-state index is 12.9. The Kier molecular flexibility index (Phi) is 4.30. The highest BCUT2D eigenvalue weighted by Gasteiger charge is 2.33. The summed E-state index contributed by atoms with van der Waals surface area (Å²) in [7, 11) is 0. The van der Waals surface area contributed by atoms with E-state index in [-0.39, 0.29) is 5.56 Å². The van der Waals surface area contributed by atoms with Crippen LogP contribution < -0.4 is 0 Å². The van der Waals surface area contributed by atoms with E-state index in [9.17, 15) is 23.3 Å². The van der Waals surface area contributed by atoms with E-state index in [2.05, 4.69) is 0 Å². The predicted molar refractivity (Wildman–Crippen MR) is 97.9 cm³/mol. The third kappa shape index (κ3) is 2.86. The predicted octanol–water partition coefficient (Wildman–Crippen LogP) is 6.73.